The van der Waals surface area contributed by atoms with E-state index in [9.17, 15) is 4.79 Å². The van der Waals surface area contributed by atoms with Crippen LogP contribution in [-0.4, -0.2) is 37.7 Å². The molecule has 4 heteroatoms. The topological polar surface area (TPSA) is 61.6 Å². The number of carbonyl (C=O) groups is 1. The Balaban J connectivity index is 1.83. The van der Waals surface area contributed by atoms with Crippen molar-refractivity contribution in [2.75, 3.05) is 26.4 Å². The molecule has 20 heavy (non-hydrogen) atoms. The molecule has 0 saturated carbocycles. The van der Waals surface area contributed by atoms with Crippen molar-refractivity contribution in [1.29, 1.82) is 0 Å². The molecule has 2 fully saturated rings. The van der Waals surface area contributed by atoms with E-state index in [1.165, 1.54) is 0 Å². The maximum atomic E-state index is 12.5. The molecule has 2 aliphatic rings. The molecular formula is C16H29NO3. The molecule has 0 radical (unpaired) electrons. The Hall–Kier alpha value is -0.450. The second-order valence-electron chi connectivity index (χ2n) is 7.19. The van der Waals surface area contributed by atoms with Crippen LogP contribution in [0.25, 0.3) is 0 Å². The van der Waals surface area contributed by atoms with E-state index < -0.39 is 0 Å². The molecule has 2 unspecified atom stereocenters. The van der Waals surface area contributed by atoms with Crippen molar-refractivity contribution >= 4 is 5.78 Å². The van der Waals surface area contributed by atoms with Gasteiger partial charge in [-0.15, -0.1) is 0 Å². The minimum Gasteiger partial charge on any atom is -0.378 e. The minimum absolute atomic E-state index is 0.161. The molecule has 2 saturated heterocycles. The average Bonchev–Trinajstić information content (AvgIpc) is 2.84. The van der Waals surface area contributed by atoms with Crippen LogP contribution in [0.15, 0.2) is 0 Å². The normalized spacial score (nSPS) is 30.9. The van der Waals surface area contributed by atoms with Gasteiger partial charge in [-0.1, -0.05) is 13.8 Å². The SMILES string of the molecule is CC(C)(CCN)CCC(=O)C1CCOC2(CCOC2)C1. The second kappa shape index (κ2) is 6.54. The van der Waals surface area contributed by atoms with Crippen molar-refractivity contribution in [3.63, 3.8) is 0 Å². The van der Waals surface area contributed by atoms with Gasteiger partial charge in [-0.05, 0) is 37.6 Å². The van der Waals surface area contributed by atoms with Gasteiger partial charge in [-0.2, -0.15) is 0 Å². The maximum Gasteiger partial charge on any atom is 0.136 e. The highest BCUT2D eigenvalue weighted by Gasteiger charge is 2.42. The molecule has 4 nitrogen and oxygen atoms in total. The third-order valence-electron chi connectivity index (χ3n) is 4.88. The summed E-state index contributed by atoms with van der Waals surface area (Å²) in [6.45, 7) is 7.22. The van der Waals surface area contributed by atoms with E-state index in [1.54, 1.807) is 0 Å². The molecule has 1 spiro atoms. The van der Waals surface area contributed by atoms with E-state index in [0.29, 0.717) is 32.0 Å². The van der Waals surface area contributed by atoms with Crippen molar-refractivity contribution in [2.24, 2.45) is 17.1 Å². The van der Waals surface area contributed by atoms with Gasteiger partial charge >= 0.3 is 0 Å². The number of ether oxygens (including phenoxy) is 2. The van der Waals surface area contributed by atoms with Crippen LogP contribution in [0.3, 0.4) is 0 Å². The van der Waals surface area contributed by atoms with Crippen LogP contribution in [0.1, 0.15) is 52.4 Å². The summed E-state index contributed by atoms with van der Waals surface area (Å²) in [7, 11) is 0. The monoisotopic (exact) mass is 283 g/mol. The van der Waals surface area contributed by atoms with E-state index in [4.69, 9.17) is 15.2 Å². The van der Waals surface area contributed by atoms with Crippen LogP contribution in [0.2, 0.25) is 0 Å². The zero-order valence-corrected chi connectivity index (χ0v) is 13.0. The van der Waals surface area contributed by atoms with Crippen molar-refractivity contribution in [1.82, 2.24) is 0 Å². The largest absolute Gasteiger partial charge is 0.378 e. The number of hydrogen-bond donors (Lipinski definition) is 1. The van der Waals surface area contributed by atoms with Gasteiger partial charge in [0.25, 0.3) is 0 Å². The third-order valence-corrected chi connectivity index (χ3v) is 4.88. The minimum atomic E-state index is -0.161. The molecule has 2 N–H and O–H groups in total. The fourth-order valence-corrected chi connectivity index (χ4v) is 3.35. The van der Waals surface area contributed by atoms with Crippen molar-refractivity contribution in [3.8, 4) is 0 Å². The number of nitrogens with two attached hydrogens (primary N) is 1. The van der Waals surface area contributed by atoms with Gasteiger partial charge in [-0.3, -0.25) is 4.79 Å². The third kappa shape index (κ3) is 4.03. The summed E-state index contributed by atoms with van der Waals surface area (Å²) in [5, 5.41) is 0. The highest BCUT2D eigenvalue weighted by molar-refractivity contribution is 5.81. The van der Waals surface area contributed by atoms with Gasteiger partial charge < -0.3 is 15.2 Å². The quantitative estimate of drug-likeness (QED) is 0.812. The molecule has 0 bridgehead atoms. The van der Waals surface area contributed by atoms with Gasteiger partial charge in [0.05, 0.1) is 12.2 Å². The van der Waals surface area contributed by atoms with Crippen LogP contribution >= 0.6 is 0 Å². The Kier molecular flexibility index (Phi) is 5.21. The molecule has 2 aliphatic heterocycles. The van der Waals surface area contributed by atoms with E-state index in [0.717, 1.165) is 38.7 Å². The summed E-state index contributed by atoms with van der Waals surface area (Å²) in [5.41, 5.74) is 5.64. The number of carbonyl (C=O) groups excluding carboxylic acids is 1. The van der Waals surface area contributed by atoms with Gasteiger partial charge in [-0.25, -0.2) is 0 Å². The number of ketones is 1. The molecule has 2 rings (SSSR count). The first-order valence-electron chi connectivity index (χ1n) is 7.91. The number of hydrogen-bond acceptors (Lipinski definition) is 4. The predicted octanol–water partition coefficient (Wildman–Crippen LogP) is 2.30. The molecule has 0 aromatic carbocycles. The highest BCUT2D eigenvalue weighted by Crippen LogP contribution is 2.37. The molecule has 0 amide bonds. The van der Waals surface area contributed by atoms with Crippen LogP contribution in [0.4, 0.5) is 0 Å². The summed E-state index contributed by atoms with van der Waals surface area (Å²) in [6, 6.07) is 0. The van der Waals surface area contributed by atoms with Crippen LogP contribution < -0.4 is 5.73 Å². The van der Waals surface area contributed by atoms with Crippen molar-refractivity contribution in [3.05, 3.63) is 0 Å². The van der Waals surface area contributed by atoms with Gasteiger partial charge in [0.15, 0.2) is 0 Å². The first-order valence-corrected chi connectivity index (χ1v) is 7.91. The maximum absolute atomic E-state index is 12.5. The van der Waals surface area contributed by atoms with Crippen LogP contribution in [0.5, 0.6) is 0 Å². The summed E-state index contributed by atoms with van der Waals surface area (Å²) < 4.78 is 11.4. The lowest BCUT2D eigenvalue weighted by atomic mass is 9.78. The standard InChI is InChI=1S/C16H29NO3/c1-15(2,6-8-17)5-3-14(18)13-4-9-20-16(11-13)7-10-19-12-16/h13H,3-12,17H2,1-2H3. The predicted molar refractivity (Wildman–Crippen MR) is 78.5 cm³/mol. The fraction of sp³-hybridized carbons (Fsp3) is 0.938. The summed E-state index contributed by atoms with van der Waals surface area (Å²) in [5.74, 6) is 0.573. The Bertz CT molecular complexity index is 335. The van der Waals surface area contributed by atoms with Crippen molar-refractivity contribution < 1.29 is 14.3 Å². The Morgan fingerprint density at radius 1 is 1.35 bits per heavy atom. The Morgan fingerprint density at radius 3 is 2.80 bits per heavy atom. The van der Waals surface area contributed by atoms with E-state index >= 15 is 0 Å². The Morgan fingerprint density at radius 2 is 2.15 bits per heavy atom. The number of rotatable bonds is 6. The fourth-order valence-electron chi connectivity index (χ4n) is 3.35. The Labute approximate surface area is 122 Å². The van der Waals surface area contributed by atoms with Crippen molar-refractivity contribution in [2.45, 2.75) is 58.0 Å². The van der Waals surface area contributed by atoms with Gasteiger partial charge in [0.2, 0.25) is 0 Å². The first-order chi connectivity index (χ1) is 9.46. The molecule has 2 heterocycles. The summed E-state index contributed by atoms with van der Waals surface area (Å²) in [4.78, 5) is 12.5. The lowest BCUT2D eigenvalue weighted by Crippen LogP contribution is -2.42. The molecule has 0 aromatic heterocycles. The van der Waals surface area contributed by atoms with Gasteiger partial charge in [0, 0.05) is 32.0 Å². The molecule has 0 aliphatic carbocycles. The van der Waals surface area contributed by atoms with E-state index in [-0.39, 0.29) is 16.9 Å². The smallest absolute Gasteiger partial charge is 0.136 e. The van der Waals surface area contributed by atoms with Crippen LogP contribution in [0, 0.1) is 11.3 Å². The van der Waals surface area contributed by atoms with Crippen LogP contribution in [-0.2, 0) is 14.3 Å². The molecule has 2 atom stereocenters. The number of Topliss-reactive ketones (excluding diaryl/α,β-unsaturated/α-hetero) is 1. The zero-order valence-electron chi connectivity index (χ0n) is 13.0. The lowest BCUT2D eigenvalue weighted by molar-refractivity contribution is -0.137. The average molecular weight is 283 g/mol. The lowest BCUT2D eigenvalue weighted by Gasteiger charge is -2.36. The summed E-state index contributed by atoms with van der Waals surface area (Å²) >= 11 is 0. The molecule has 0 aromatic rings. The first kappa shape index (κ1) is 15.9. The highest BCUT2D eigenvalue weighted by atomic mass is 16.6. The molecular weight excluding hydrogens is 254 g/mol. The molecule has 116 valence electrons. The zero-order chi connectivity index (χ0) is 14.6. The van der Waals surface area contributed by atoms with E-state index in [2.05, 4.69) is 13.8 Å². The van der Waals surface area contributed by atoms with E-state index in [1.807, 2.05) is 0 Å². The van der Waals surface area contributed by atoms with Gasteiger partial charge in [0.1, 0.15) is 5.78 Å². The second-order valence-corrected chi connectivity index (χ2v) is 7.19. The summed E-state index contributed by atoms with van der Waals surface area (Å²) in [6.07, 6.45) is 5.25.